The SMILES string of the molecule is CCC(c1ccc2ccccc2n1)N1CCCCC1. The van der Waals surface area contributed by atoms with Gasteiger partial charge >= 0.3 is 0 Å². The van der Waals surface area contributed by atoms with Gasteiger partial charge in [-0.15, -0.1) is 0 Å². The Morgan fingerprint density at radius 3 is 2.63 bits per heavy atom. The molecule has 2 heterocycles. The van der Waals surface area contributed by atoms with Crippen molar-refractivity contribution in [3.63, 3.8) is 0 Å². The Morgan fingerprint density at radius 2 is 1.84 bits per heavy atom. The fourth-order valence-corrected chi connectivity index (χ4v) is 3.15. The summed E-state index contributed by atoms with van der Waals surface area (Å²) < 4.78 is 0. The molecule has 1 fully saturated rings. The van der Waals surface area contributed by atoms with Crippen LogP contribution in [0.15, 0.2) is 36.4 Å². The molecule has 1 aliphatic rings. The molecule has 0 N–H and O–H groups in total. The zero-order chi connectivity index (χ0) is 13.1. The number of nitrogens with zero attached hydrogens (tertiary/aromatic N) is 2. The lowest BCUT2D eigenvalue weighted by atomic mass is 10.0. The van der Waals surface area contributed by atoms with Crippen LogP contribution in [-0.4, -0.2) is 23.0 Å². The highest BCUT2D eigenvalue weighted by molar-refractivity contribution is 5.78. The summed E-state index contributed by atoms with van der Waals surface area (Å²) in [6.45, 7) is 4.73. The molecule has 0 radical (unpaired) electrons. The number of hydrogen-bond donors (Lipinski definition) is 0. The van der Waals surface area contributed by atoms with E-state index in [4.69, 9.17) is 4.98 Å². The van der Waals surface area contributed by atoms with E-state index in [1.54, 1.807) is 0 Å². The summed E-state index contributed by atoms with van der Waals surface area (Å²) in [6.07, 6.45) is 5.21. The minimum Gasteiger partial charge on any atom is -0.295 e. The predicted octanol–water partition coefficient (Wildman–Crippen LogP) is 4.17. The number of rotatable bonds is 3. The van der Waals surface area contributed by atoms with Crippen LogP contribution in [0.3, 0.4) is 0 Å². The van der Waals surface area contributed by atoms with Crippen molar-refractivity contribution in [1.29, 1.82) is 0 Å². The molecule has 0 bridgehead atoms. The fourth-order valence-electron chi connectivity index (χ4n) is 3.15. The maximum atomic E-state index is 4.88. The number of fused-ring (bicyclic) bond motifs is 1. The Kier molecular flexibility index (Phi) is 3.79. The van der Waals surface area contributed by atoms with Gasteiger partial charge in [-0.05, 0) is 44.5 Å². The first-order chi connectivity index (χ1) is 9.38. The third-order valence-corrected chi connectivity index (χ3v) is 4.18. The predicted molar refractivity (Wildman–Crippen MR) is 80.2 cm³/mol. The van der Waals surface area contributed by atoms with Crippen molar-refractivity contribution in [2.24, 2.45) is 0 Å². The van der Waals surface area contributed by atoms with Gasteiger partial charge in [0.2, 0.25) is 0 Å². The fraction of sp³-hybridized carbons (Fsp3) is 0.471. The first-order valence-corrected chi connectivity index (χ1v) is 7.48. The van der Waals surface area contributed by atoms with Gasteiger partial charge in [-0.2, -0.15) is 0 Å². The van der Waals surface area contributed by atoms with Crippen LogP contribution in [0, 0.1) is 0 Å². The van der Waals surface area contributed by atoms with Gasteiger partial charge in [0.1, 0.15) is 0 Å². The zero-order valence-electron chi connectivity index (χ0n) is 11.7. The maximum absolute atomic E-state index is 4.88. The number of hydrogen-bond acceptors (Lipinski definition) is 2. The van der Waals surface area contributed by atoms with Crippen molar-refractivity contribution >= 4 is 10.9 Å². The van der Waals surface area contributed by atoms with Gasteiger partial charge in [-0.1, -0.05) is 37.6 Å². The highest BCUT2D eigenvalue weighted by Gasteiger charge is 2.21. The van der Waals surface area contributed by atoms with Gasteiger partial charge in [0.05, 0.1) is 17.3 Å². The molecule has 0 spiro atoms. The standard InChI is InChI=1S/C17H22N2/c1-2-17(19-12-6-3-7-13-19)16-11-10-14-8-4-5-9-15(14)18-16/h4-5,8-11,17H,2-3,6-7,12-13H2,1H3. The van der Waals surface area contributed by atoms with E-state index in [1.165, 1.54) is 43.4 Å². The second-order valence-electron chi connectivity index (χ2n) is 5.45. The molecule has 1 aromatic heterocycles. The molecule has 0 amide bonds. The Balaban J connectivity index is 1.91. The topological polar surface area (TPSA) is 16.1 Å². The summed E-state index contributed by atoms with van der Waals surface area (Å²) in [5.74, 6) is 0. The molecule has 1 atom stereocenters. The minimum atomic E-state index is 0.491. The molecule has 0 aliphatic carbocycles. The van der Waals surface area contributed by atoms with Gasteiger partial charge in [0.25, 0.3) is 0 Å². The van der Waals surface area contributed by atoms with E-state index >= 15 is 0 Å². The molecular formula is C17H22N2. The van der Waals surface area contributed by atoms with E-state index < -0.39 is 0 Å². The van der Waals surface area contributed by atoms with Crippen molar-refractivity contribution < 1.29 is 0 Å². The molecule has 19 heavy (non-hydrogen) atoms. The number of piperidine rings is 1. The van der Waals surface area contributed by atoms with Crippen LogP contribution >= 0.6 is 0 Å². The average molecular weight is 254 g/mol. The summed E-state index contributed by atoms with van der Waals surface area (Å²) in [4.78, 5) is 7.49. The van der Waals surface area contributed by atoms with Crippen molar-refractivity contribution in [1.82, 2.24) is 9.88 Å². The minimum absolute atomic E-state index is 0.491. The van der Waals surface area contributed by atoms with Crippen LogP contribution in [-0.2, 0) is 0 Å². The second-order valence-corrected chi connectivity index (χ2v) is 5.45. The summed E-state index contributed by atoms with van der Waals surface area (Å²) in [6, 6.07) is 13.3. The smallest absolute Gasteiger partial charge is 0.0706 e. The van der Waals surface area contributed by atoms with Crippen LogP contribution in [0.5, 0.6) is 0 Å². The third kappa shape index (κ3) is 2.64. The van der Waals surface area contributed by atoms with Gasteiger partial charge in [0, 0.05) is 5.39 Å². The van der Waals surface area contributed by atoms with Crippen LogP contribution in [0.2, 0.25) is 0 Å². The molecule has 1 unspecified atom stereocenters. The number of para-hydroxylation sites is 1. The lowest BCUT2D eigenvalue weighted by molar-refractivity contribution is 0.156. The van der Waals surface area contributed by atoms with Crippen LogP contribution in [0.25, 0.3) is 10.9 Å². The van der Waals surface area contributed by atoms with E-state index in [0.717, 1.165) is 11.9 Å². The summed E-state index contributed by atoms with van der Waals surface area (Å²) in [7, 11) is 0. The Labute approximate surface area is 115 Å². The van der Waals surface area contributed by atoms with E-state index in [9.17, 15) is 0 Å². The van der Waals surface area contributed by atoms with Gasteiger partial charge < -0.3 is 0 Å². The number of benzene rings is 1. The second kappa shape index (κ2) is 5.70. The zero-order valence-corrected chi connectivity index (χ0v) is 11.7. The molecule has 2 aromatic rings. The monoisotopic (exact) mass is 254 g/mol. The maximum Gasteiger partial charge on any atom is 0.0706 e. The molecule has 2 nitrogen and oxygen atoms in total. The number of likely N-dealkylation sites (tertiary alicyclic amines) is 1. The van der Waals surface area contributed by atoms with Gasteiger partial charge in [-0.3, -0.25) is 9.88 Å². The van der Waals surface area contributed by atoms with Crippen molar-refractivity contribution in [3.8, 4) is 0 Å². The largest absolute Gasteiger partial charge is 0.295 e. The average Bonchev–Trinajstić information content (AvgIpc) is 2.49. The molecule has 2 heteroatoms. The van der Waals surface area contributed by atoms with Crippen molar-refractivity contribution in [2.75, 3.05) is 13.1 Å². The molecule has 1 aromatic carbocycles. The van der Waals surface area contributed by atoms with E-state index in [2.05, 4.69) is 48.2 Å². The first-order valence-electron chi connectivity index (χ1n) is 7.48. The Morgan fingerprint density at radius 1 is 1.05 bits per heavy atom. The van der Waals surface area contributed by atoms with Crippen molar-refractivity contribution in [3.05, 3.63) is 42.1 Å². The highest BCUT2D eigenvalue weighted by Crippen LogP contribution is 2.27. The first kappa shape index (κ1) is 12.6. The van der Waals surface area contributed by atoms with Crippen LogP contribution in [0.4, 0.5) is 0 Å². The summed E-state index contributed by atoms with van der Waals surface area (Å²) >= 11 is 0. The van der Waals surface area contributed by atoms with E-state index in [1.807, 2.05) is 0 Å². The summed E-state index contributed by atoms with van der Waals surface area (Å²) in [5.41, 5.74) is 2.36. The number of pyridine rings is 1. The molecule has 100 valence electrons. The molecular weight excluding hydrogens is 232 g/mol. The lowest BCUT2D eigenvalue weighted by Gasteiger charge is -2.33. The quantitative estimate of drug-likeness (QED) is 0.817. The molecule has 3 rings (SSSR count). The third-order valence-electron chi connectivity index (χ3n) is 4.18. The van der Waals surface area contributed by atoms with Crippen molar-refractivity contribution in [2.45, 2.75) is 38.6 Å². The molecule has 1 aliphatic heterocycles. The van der Waals surface area contributed by atoms with Crippen LogP contribution < -0.4 is 0 Å². The van der Waals surface area contributed by atoms with Crippen LogP contribution in [0.1, 0.15) is 44.3 Å². The molecule has 1 saturated heterocycles. The van der Waals surface area contributed by atoms with E-state index in [-0.39, 0.29) is 0 Å². The summed E-state index contributed by atoms with van der Waals surface area (Å²) in [5, 5.41) is 1.24. The normalized spacial score (nSPS) is 18.6. The highest BCUT2D eigenvalue weighted by atomic mass is 15.2. The van der Waals surface area contributed by atoms with Gasteiger partial charge in [0.15, 0.2) is 0 Å². The van der Waals surface area contributed by atoms with E-state index in [0.29, 0.717) is 6.04 Å². The lowest BCUT2D eigenvalue weighted by Crippen LogP contribution is -2.33. The van der Waals surface area contributed by atoms with Gasteiger partial charge in [-0.25, -0.2) is 0 Å². The Bertz CT molecular complexity index is 544. The molecule has 0 saturated carbocycles. The number of aromatic nitrogens is 1. The Hall–Kier alpha value is -1.41.